The summed E-state index contributed by atoms with van der Waals surface area (Å²) < 4.78 is 1.57. The van der Waals surface area contributed by atoms with Crippen LogP contribution in [0.5, 0.6) is 0 Å². The van der Waals surface area contributed by atoms with E-state index in [-0.39, 0.29) is 17.6 Å². The van der Waals surface area contributed by atoms with Crippen LogP contribution in [0.3, 0.4) is 0 Å². The smallest absolute Gasteiger partial charge is 0.264 e. The lowest BCUT2D eigenvalue weighted by Gasteiger charge is -2.11. The van der Waals surface area contributed by atoms with Gasteiger partial charge in [0, 0.05) is 16.8 Å². The van der Waals surface area contributed by atoms with E-state index in [2.05, 4.69) is 10.3 Å². The van der Waals surface area contributed by atoms with Crippen molar-refractivity contribution in [2.75, 3.05) is 11.1 Å². The Morgan fingerprint density at radius 3 is 2.10 bits per heavy atom. The number of hydrogen-bond donors (Lipinski definition) is 1. The number of para-hydroxylation sites is 1. The van der Waals surface area contributed by atoms with Crippen LogP contribution >= 0.6 is 11.8 Å². The fourth-order valence-corrected chi connectivity index (χ4v) is 3.77. The summed E-state index contributed by atoms with van der Waals surface area (Å²) in [6.45, 7) is 0. The SMILES string of the molecule is O=C(CSc1ncc(-c2ccccc2)n1C(=O)c1ccccc1)Nc1ccccc1. The first-order valence-electron chi connectivity index (χ1n) is 9.43. The van der Waals surface area contributed by atoms with Gasteiger partial charge in [0.1, 0.15) is 0 Å². The molecule has 1 aromatic heterocycles. The van der Waals surface area contributed by atoms with Crippen molar-refractivity contribution in [3.63, 3.8) is 0 Å². The van der Waals surface area contributed by atoms with E-state index in [0.717, 1.165) is 11.3 Å². The Balaban J connectivity index is 1.60. The normalized spacial score (nSPS) is 10.5. The molecule has 30 heavy (non-hydrogen) atoms. The average Bonchev–Trinajstić information content (AvgIpc) is 3.23. The molecule has 6 heteroatoms. The van der Waals surface area contributed by atoms with Gasteiger partial charge in [0.05, 0.1) is 17.6 Å². The Bertz CT molecular complexity index is 1140. The van der Waals surface area contributed by atoms with Gasteiger partial charge >= 0.3 is 0 Å². The molecule has 0 fully saturated rings. The minimum Gasteiger partial charge on any atom is -0.325 e. The van der Waals surface area contributed by atoms with E-state index in [4.69, 9.17) is 0 Å². The molecule has 1 heterocycles. The van der Waals surface area contributed by atoms with Crippen LogP contribution in [0.1, 0.15) is 10.4 Å². The highest BCUT2D eigenvalue weighted by atomic mass is 32.2. The molecule has 0 unspecified atom stereocenters. The summed E-state index contributed by atoms with van der Waals surface area (Å²) in [7, 11) is 0. The van der Waals surface area contributed by atoms with Crippen LogP contribution in [0.2, 0.25) is 0 Å². The number of aromatic nitrogens is 2. The highest BCUT2D eigenvalue weighted by Crippen LogP contribution is 2.27. The molecule has 0 spiro atoms. The van der Waals surface area contributed by atoms with Crippen LogP contribution in [0.15, 0.2) is 102 Å². The summed E-state index contributed by atoms with van der Waals surface area (Å²) in [5.41, 5.74) is 2.87. The summed E-state index contributed by atoms with van der Waals surface area (Å²) in [6.07, 6.45) is 1.67. The zero-order chi connectivity index (χ0) is 20.8. The lowest BCUT2D eigenvalue weighted by molar-refractivity contribution is -0.113. The summed E-state index contributed by atoms with van der Waals surface area (Å²) in [6, 6.07) is 28.0. The first-order valence-corrected chi connectivity index (χ1v) is 10.4. The van der Waals surface area contributed by atoms with E-state index in [0.29, 0.717) is 16.4 Å². The molecule has 1 amide bonds. The van der Waals surface area contributed by atoms with Gasteiger partial charge in [0.25, 0.3) is 5.91 Å². The van der Waals surface area contributed by atoms with Gasteiger partial charge in [-0.25, -0.2) is 4.98 Å². The lowest BCUT2D eigenvalue weighted by atomic mass is 10.1. The van der Waals surface area contributed by atoms with Crippen molar-refractivity contribution in [2.45, 2.75) is 5.16 Å². The second-order valence-electron chi connectivity index (χ2n) is 6.50. The zero-order valence-corrected chi connectivity index (χ0v) is 16.9. The molecule has 0 aliphatic carbocycles. The number of rotatable bonds is 6. The molecule has 5 nitrogen and oxygen atoms in total. The molecule has 0 saturated carbocycles. The fourth-order valence-electron chi connectivity index (χ4n) is 3.00. The van der Waals surface area contributed by atoms with Crippen LogP contribution in [0, 0.1) is 0 Å². The monoisotopic (exact) mass is 413 g/mol. The van der Waals surface area contributed by atoms with Crippen LogP contribution in [0.25, 0.3) is 11.3 Å². The second-order valence-corrected chi connectivity index (χ2v) is 7.44. The number of nitrogens with one attached hydrogen (secondary N) is 1. The number of hydrogen-bond acceptors (Lipinski definition) is 4. The minimum absolute atomic E-state index is 0.141. The summed E-state index contributed by atoms with van der Waals surface area (Å²) in [4.78, 5) is 30.1. The lowest BCUT2D eigenvalue weighted by Crippen LogP contribution is -2.17. The molecule has 0 radical (unpaired) electrons. The Labute approximate surface area is 178 Å². The number of anilines is 1. The minimum atomic E-state index is -0.182. The maximum Gasteiger partial charge on any atom is 0.264 e. The number of imidazole rings is 1. The Morgan fingerprint density at radius 2 is 1.43 bits per heavy atom. The van der Waals surface area contributed by atoms with Crippen molar-refractivity contribution in [1.82, 2.24) is 9.55 Å². The molecular weight excluding hydrogens is 394 g/mol. The van der Waals surface area contributed by atoms with Gasteiger partial charge in [0.2, 0.25) is 5.91 Å². The number of carbonyl (C=O) groups is 2. The van der Waals surface area contributed by atoms with E-state index in [1.54, 1.807) is 22.9 Å². The first kappa shape index (κ1) is 19.7. The van der Waals surface area contributed by atoms with Gasteiger partial charge in [-0.2, -0.15) is 0 Å². The van der Waals surface area contributed by atoms with Gasteiger partial charge in [0.15, 0.2) is 5.16 Å². The zero-order valence-electron chi connectivity index (χ0n) is 16.1. The number of amides is 1. The summed E-state index contributed by atoms with van der Waals surface area (Å²) in [5, 5.41) is 3.33. The Morgan fingerprint density at radius 1 is 0.833 bits per heavy atom. The topological polar surface area (TPSA) is 64.0 Å². The van der Waals surface area contributed by atoms with Crippen molar-refractivity contribution in [3.8, 4) is 11.3 Å². The van der Waals surface area contributed by atoms with Crippen molar-refractivity contribution in [3.05, 3.63) is 103 Å². The van der Waals surface area contributed by atoms with Crippen LogP contribution < -0.4 is 5.32 Å². The molecule has 148 valence electrons. The molecular formula is C24H19N3O2S. The molecule has 3 aromatic carbocycles. The van der Waals surface area contributed by atoms with Crippen molar-refractivity contribution >= 4 is 29.3 Å². The van der Waals surface area contributed by atoms with E-state index in [9.17, 15) is 9.59 Å². The van der Waals surface area contributed by atoms with Crippen molar-refractivity contribution in [2.24, 2.45) is 0 Å². The largest absolute Gasteiger partial charge is 0.325 e. The second kappa shape index (κ2) is 9.24. The molecule has 0 saturated heterocycles. The van der Waals surface area contributed by atoms with E-state index in [1.165, 1.54) is 11.8 Å². The summed E-state index contributed by atoms with van der Waals surface area (Å²) in [5.74, 6) is -0.200. The van der Waals surface area contributed by atoms with E-state index >= 15 is 0 Å². The molecule has 0 bridgehead atoms. The highest BCUT2D eigenvalue weighted by Gasteiger charge is 2.20. The number of nitrogens with zero attached hydrogens (tertiary/aromatic N) is 2. The highest BCUT2D eigenvalue weighted by molar-refractivity contribution is 7.99. The molecule has 0 aliphatic rings. The molecule has 1 N–H and O–H groups in total. The van der Waals surface area contributed by atoms with Gasteiger partial charge in [-0.3, -0.25) is 14.2 Å². The van der Waals surface area contributed by atoms with Crippen molar-refractivity contribution < 1.29 is 9.59 Å². The van der Waals surface area contributed by atoms with Gasteiger partial charge in [-0.05, 0) is 24.3 Å². The van der Waals surface area contributed by atoms with Gasteiger partial charge < -0.3 is 5.32 Å². The number of benzene rings is 3. The van der Waals surface area contributed by atoms with Crippen molar-refractivity contribution in [1.29, 1.82) is 0 Å². The first-order chi connectivity index (χ1) is 14.7. The maximum absolute atomic E-state index is 13.3. The quantitative estimate of drug-likeness (QED) is 0.453. The Kier molecular flexibility index (Phi) is 6.06. The molecule has 0 atom stereocenters. The third-order valence-electron chi connectivity index (χ3n) is 4.41. The number of carbonyl (C=O) groups excluding carboxylic acids is 2. The van der Waals surface area contributed by atoms with Crippen LogP contribution in [-0.4, -0.2) is 27.1 Å². The standard InChI is InChI=1S/C24H19N3O2S/c28-22(26-20-14-8-3-9-15-20)17-30-24-25-16-21(18-10-4-1-5-11-18)27(24)23(29)19-12-6-2-7-13-19/h1-16H,17H2,(H,26,28). The predicted molar refractivity (Wildman–Crippen MR) is 120 cm³/mol. The van der Waals surface area contributed by atoms with Crippen LogP contribution in [-0.2, 0) is 4.79 Å². The number of thioether (sulfide) groups is 1. The third-order valence-corrected chi connectivity index (χ3v) is 5.37. The summed E-state index contributed by atoms with van der Waals surface area (Å²) >= 11 is 1.23. The predicted octanol–water partition coefficient (Wildman–Crippen LogP) is 4.97. The van der Waals surface area contributed by atoms with E-state index < -0.39 is 0 Å². The van der Waals surface area contributed by atoms with Crippen LogP contribution in [0.4, 0.5) is 5.69 Å². The molecule has 0 aliphatic heterocycles. The fraction of sp³-hybridized carbons (Fsp3) is 0.0417. The molecule has 4 aromatic rings. The van der Waals surface area contributed by atoms with Gasteiger partial charge in [-0.15, -0.1) is 0 Å². The third kappa shape index (κ3) is 4.50. The van der Waals surface area contributed by atoms with E-state index in [1.807, 2.05) is 78.9 Å². The molecule has 4 rings (SSSR count). The maximum atomic E-state index is 13.3. The Hall–Kier alpha value is -3.64. The average molecular weight is 414 g/mol. The van der Waals surface area contributed by atoms with Gasteiger partial charge in [-0.1, -0.05) is 78.5 Å².